The topological polar surface area (TPSA) is 99.2 Å². The van der Waals surface area contributed by atoms with E-state index in [1.807, 2.05) is 12.1 Å². The van der Waals surface area contributed by atoms with Gasteiger partial charge in [0.15, 0.2) is 5.52 Å². The van der Waals surface area contributed by atoms with Gasteiger partial charge in [0, 0.05) is 16.3 Å². The van der Waals surface area contributed by atoms with Crippen LogP contribution in [0.2, 0.25) is 5.02 Å². The summed E-state index contributed by atoms with van der Waals surface area (Å²) in [5.74, 6) is 0.675. The monoisotopic (exact) mass is 452 g/mol. The molecule has 4 rings (SSSR count). The Kier molecular flexibility index (Phi) is 5.71. The number of carbonyl (C=O) groups excluding carboxylic acids is 1. The van der Waals surface area contributed by atoms with Crippen molar-refractivity contribution in [1.82, 2.24) is 14.9 Å². The predicted molar refractivity (Wildman–Crippen MR) is 122 cm³/mol. The lowest BCUT2D eigenvalue weighted by atomic mass is 10.1. The van der Waals surface area contributed by atoms with Gasteiger partial charge in [0.05, 0.1) is 12.5 Å². The van der Waals surface area contributed by atoms with Gasteiger partial charge in [-0.3, -0.25) is 9.59 Å². The number of anilines is 1. The number of benzene rings is 2. The lowest BCUT2D eigenvalue weighted by Crippen LogP contribution is -2.34. The van der Waals surface area contributed by atoms with Crippen LogP contribution in [-0.2, 0) is 4.79 Å². The number of carbonyl (C=O) groups is 1. The van der Waals surface area contributed by atoms with Crippen molar-refractivity contribution in [2.24, 2.45) is 0 Å². The molecule has 9 heteroatoms. The van der Waals surface area contributed by atoms with Gasteiger partial charge in [0.1, 0.15) is 23.2 Å². The normalized spacial score (nSPS) is 12.0. The molecule has 0 aliphatic carbocycles. The first kappa shape index (κ1) is 21.6. The minimum absolute atomic E-state index is 0.105. The molecule has 0 unspecified atom stereocenters. The van der Waals surface area contributed by atoms with Crippen molar-refractivity contribution < 1.29 is 14.1 Å². The molecule has 1 amide bonds. The second-order valence-electron chi connectivity index (χ2n) is 7.37. The van der Waals surface area contributed by atoms with Gasteiger partial charge in [-0.05, 0) is 50.6 Å². The van der Waals surface area contributed by atoms with Gasteiger partial charge in [0.25, 0.3) is 5.56 Å². The number of aromatic nitrogens is 3. The zero-order valence-corrected chi connectivity index (χ0v) is 18.7. The summed E-state index contributed by atoms with van der Waals surface area (Å²) in [7, 11) is 1.57. The Hall–Kier alpha value is -3.65. The summed E-state index contributed by atoms with van der Waals surface area (Å²) in [6.07, 6.45) is 0. The van der Waals surface area contributed by atoms with Crippen LogP contribution in [0.1, 0.15) is 24.3 Å². The molecule has 0 spiro atoms. The Morgan fingerprint density at radius 2 is 1.97 bits per heavy atom. The Morgan fingerprint density at radius 3 is 2.72 bits per heavy atom. The highest BCUT2D eigenvalue weighted by molar-refractivity contribution is 6.31. The van der Waals surface area contributed by atoms with Crippen LogP contribution in [-0.4, -0.2) is 28.0 Å². The van der Waals surface area contributed by atoms with E-state index in [0.29, 0.717) is 38.9 Å². The molecule has 1 atom stereocenters. The van der Waals surface area contributed by atoms with Crippen LogP contribution in [0.15, 0.2) is 51.8 Å². The van der Waals surface area contributed by atoms with E-state index < -0.39 is 17.5 Å². The zero-order chi connectivity index (χ0) is 23.0. The average molecular weight is 453 g/mol. The number of amides is 1. The quantitative estimate of drug-likeness (QED) is 0.477. The van der Waals surface area contributed by atoms with E-state index in [2.05, 4.69) is 15.6 Å². The van der Waals surface area contributed by atoms with Crippen LogP contribution in [0.5, 0.6) is 5.75 Å². The smallest absolute Gasteiger partial charge is 0.297 e. The van der Waals surface area contributed by atoms with Crippen molar-refractivity contribution >= 4 is 34.1 Å². The molecular formula is C23H21ClN4O4. The van der Waals surface area contributed by atoms with Crippen molar-refractivity contribution in [2.75, 3.05) is 12.4 Å². The minimum atomic E-state index is -0.924. The predicted octanol–water partition coefficient (Wildman–Crippen LogP) is 4.53. The van der Waals surface area contributed by atoms with Crippen LogP contribution in [0.3, 0.4) is 0 Å². The van der Waals surface area contributed by atoms with Gasteiger partial charge in [-0.1, -0.05) is 35.0 Å². The van der Waals surface area contributed by atoms with Crippen molar-refractivity contribution in [3.63, 3.8) is 0 Å². The number of halogens is 1. The molecule has 32 heavy (non-hydrogen) atoms. The molecule has 0 saturated carbocycles. The molecular weight excluding hydrogens is 432 g/mol. The lowest BCUT2D eigenvalue weighted by Gasteiger charge is -2.17. The zero-order valence-electron chi connectivity index (χ0n) is 18.0. The van der Waals surface area contributed by atoms with Crippen LogP contribution in [0.4, 0.5) is 5.69 Å². The van der Waals surface area contributed by atoms with Crippen LogP contribution in [0.25, 0.3) is 22.2 Å². The molecule has 0 radical (unpaired) electrons. The summed E-state index contributed by atoms with van der Waals surface area (Å²) in [4.78, 5) is 26.1. The summed E-state index contributed by atoms with van der Waals surface area (Å²) in [5, 5.41) is 12.3. The second-order valence-corrected chi connectivity index (χ2v) is 7.78. The van der Waals surface area contributed by atoms with Gasteiger partial charge in [0.2, 0.25) is 5.91 Å². The van der Waals surface area contributed by atoms with Gasteiger partial charge in [-0.25, -0.2) is 4.68 Å². The molecule has 8 nitrogen and oxygen atoms in total. The second kappa shape index (κ2) is 8.47. The van der Waals surface area contributed by atoms with E-state index in [0.717, 1.165) is 10.2 Å². The van der Waals surface area contributed by atoms with E-state index in [-0.39, 0.29) is 5.52 Å². The average Bonchev–Trinajstić information content (AvgIpc) is 3.19. The number of nitrogens with one attached hydrogen (secondary N) is 1. The van der Waals surface area contributed by atoms with Gasteiger partial charge < -0.3 is 14.6 Å². The third kappa shape index (κ3) is 3.73. The van der Waals surface area contributed by atoms with E-state index in [4.69, 9.17) is 20.9 Å². The first-order valence-corrected chi connectivity index (χ1v) is 10.3. The summed E-state index contributed by atoms with van der Waals surface area (Å²) >= 11 is 6.15. The number of aryl methyl sites for hydroxylation is 1. The maximum absolute atomic E-state index is 13.1. The molecule has 1 N–H and O–H groups in total. The number of ether oxygens (including phenoxy) is 1. The first-order valence-electron chi connectivity index (χ1n) is 9.91. The number of fused-ring (bicyclic) bond motifs is 1. The van der Waals surface area contributed by atoms with Gasteiger partial charge in [-0.2, -0.15) is 5.10 Å². The molecule has 2 aromatic heterocycles. The first-order chi connectivity index (χ1) is 15.3. The summed E-state index contributed by atoms with van der Waals surface area (Å²) in [6, 6.07) is 11.6. The Balaban J connectivity index is 1.82. The maximum atomic E-state index is 13.1. The Bertz CT molecular complexity index is 1390. The standard InChI is InChI=1S/C23H21ClN4O4/c1-12-17(24)9-6-10-18(12)25-22(29)13(2)28-23(30)21-19(14(3)32-27-21)20(26-28)15-7-5-8-16(11-15)31-4/h5-11,13H,1-4H3,(H,25,29)/t13-/m1/s1. The van der Waals surface area contributed by atoms with Gasteiger partial charge >= 0.3 is 0 Å². The molecule has 0 aliphatic rings. The molecule has 2 aromatic carbocycles. The molecule has 0 aliphatic heterocycles. The molecule has 4 aromatic rings. The fourth-order valence-corrected chi connectivity index (χ4v) is 3.61. The third-order valence-electron chi connectivity index (χ3n) is 5.33. The molecule has 0 fully saturated rings. The summed E-state index contributed by atoms with van der Waals surface area (Å²) in [6.45, 7) is 5.11. The van der Waals surface area contributed by atoms with E-state index in [1.165, 1.54) is 0 Å². The number of rotatable bonds is 5. The highest BCUT2D eigenvalue weighted by atomic mass is 35.5. The van der Waals surface area contributed by atoms with E-state index in [9.17, 15) is 9.59 Å². The number of methoxy groups -OCH3 is 1. The molecule has 2 heterocycles. The number of nitrogens with zero attached hydrogens (tertiary/aromatic N) is 3. The van der Waals surface area contributed by atoms with E-state index in [1.54, 1.807) is 58.2 Å². The van der Waals surface area contributed by atoms with Crippen molar-refractivity contribution in [3.05, 3.63) is 69.2 Å². The van der Waals surface area contributed by atoms with Crippen LogP contribution in [0, 0.1) is 13.8 Å². The van der Waals surface area contributed by atoms with Crippen molar-refractivity contribution in [1.29, 1.82) is 0 Å². The van der Waals surface area contributed by atoms with Crippen molar-refractivity contribution in [2.45, 2.75) is 26.8 Å². The minimum Gasteiger partial charge on any atom is -0.497 e. The SMILES string of the molecule is COc1cccc(-c2nn([C@H](C)C(=O)Nc3cccc(Cl)c3C)c(=O)c3noc(C)c23)c1. The molecule has 164 valence electrons. The fraction of sp³-hybridized carbons (Fsp3) is 0.217. The highest BCUT2D eigenvalue weighted by Crippen LogP contribution is 2.30. The Morgan fingerprint density at radius 1 is 1.22 bits per heavy atom. The third-order valence-corrected chi connectivity index (χ3v) is 5.74. The summed E-state index contributed by atoms with van der Waals surface area (Å²) < 4.78 is 11.7. The van der Waals surface area contributed by atoms with Crippen LogP contribution >= 0.6 is 11.6 Å². The molecule has 0 bridgehead atoms. The Labute approximate surface area is 188 Å². The lowest BCUT2D eigenvalue weighted by molar-refractivity contribution is -0.119. The highest BCUT2D eigenvalue weighted by Gasteiger charge is 2.25. The number of hydrogen-bond acceptors (Lipinski definition) is 6. The van der Waals surface area contributed by atoms with E-state index >= 15 is 0 Å². The van der Waals surface area contributed by atoms with Gasteiger partial charge in [-0.15, -0.1) is 0 Å². The maximum Gasteiger partial charge on any atom is 0.297 e. The summed E-state index contributed by atoms with van der Waals surface area (Å²) in [5.41, 5.74) is 2.05. The fourth-order valence-electron chi connectivity index (χ4n) is 3.43. The van der Waals surface area contributed by atoms with Crippen molar-refractivity contribution in [3.8, 4) is 17.0 Å². The van der Waals surface area contributed by atoms with Crippen LogP contribution < -0.4 is 15.6 Å². The largest absolute Gasteiger partial charge is 0.497 e. The number of hydrogen-bond donors (Lipinski definition) is 1. The molecule has 0 saturated heterocycles.